The highest BCUT2D eigenvalue weighted by molar-refractivity contribution is 8.00. The first-order valence-electron chi connectivity index (χ1n) is 8.36. The summed E-state index contributed by atoms with van der Waals surface area (Å²) in [6.07, 6.45) is 6.47. The number of hydrogen-bond donors (Lipinski definition) is 0. The zero-order valence-electron chi connectivity index (χ0n) is 13.4. The van der Waals surface area contributed by atoms with Crippen molar-refractivity contribution in [2.75, 3.05) is 32.1 Å². The number of thioether (sulfide) groups is 1. The molecule has 4 nitrogen and oxygen atoms in total. The number of piperidine rings is 1. The molecule has 2 saturated heterocycles. The normalized spacial score (nSPS) is 21.4. The van der Waals surface area contributed by atoms with Crippen LogP contribution in [-0.2, 0) is 14.3 Å². The summed E-state index contributed by atoms with van der Waals surface area (Å²) in [4.78, 5) is 14.3. The number of ether oxygens (including phenoxy) is 2. The molecule has 5 heteroatoms. The minimum Gasteiger partial charge on any atom is -0.347 e. The molecule has 21 heavy (non-hydrogen) atoms. The maximum Gasteiger partial charge on any atom is 0.232 e. The standard InChI is InChI=1S/C16H29NO3S/c1-3-5-14(6-4-2)21-13-15(18)17-9-7-16(8-10-17)19-11-12-20-16/h14H,3-13H2,1-2H3. The van der Waals surface area contributed by atoms with Crippen molar-refractivity contribution in [1.29, 1.82) is 0 Å². The van der Waals surface area contributed by atoms with Crippen LogP contribution in [0.1, 0.15) is 52.4 Å². The Hall–Kier alpha value is -0.260. The second kappa shape index (κ2) is 8.39. The summed E-state index contributed by atoms with van der Waals surface area (Å²) in [5.74, 6) is 0.529. The summed E-state index contributed by atoms with van der Waals surface area (Å²) in [7, 11) is 0. The molecule has 0 bridgehead atoms. The van der Waals surface area contributed by atoms with Crippen molar-refractivity contribution in [2.45, 2.75) is 63.4 Å². The van der Waals surface area contributed by atoms with Crippen LogP contribution in [0.4, 0.5) is 0 Å². The van der Waals surface area contributed by atoms with Gasteiger partial charge in [0, 0.05) is 31.2 Å². The van der Waals surface area contributed by atoms with Crippen molar-refractivity contribution in [3.05, 3.63) is 0 Å². The Labute approximate surface area is 132 Å². The molecule has 0 aromatic carbocycles. The Morgan fingerprint density at radius 3 is 2.24 bits per heavy atom. The van der Waals surface area contributed by atoms with E-state index in [0.29, 0.717) is 24.2 Å². The molecule has 2 heterocycles. The molecular formula is C16H29NO3S. The molecule has 1 spiro atoms. The van der Waals surface area contributed by atoms with E-state index in [9.17, 15) is 4.79 Å². The fraction of sp³-hybridized carbons (Fsp3) is 0.938. The van der Waals surface area contributed by atoms with Crippen molar-refractivity contribution in [2.24, 2.45) is 0 Å². The summed E-state index contributed by atoms with van der Waals surface area (Å²) in [5, 5.41) is 0.640. The Bertz CT molecular complexity index is 315. The van der Waals surface area contributed by atoms with Crippen molar-refractivity contribution < 1.29 is 14.3 Å². The Morgan fingerprint density at radius 1 is 1.14 bits per heavy atom. The molecule has 0 atom stereocenters. The van der Waals surface area contributed by atoms with E-state index in [0.717, 1.165) is 25.9 Å². The van der Waals surface area contributed by atoms with Crippen LogP contribution in [-0.4, -0.2) is 53.9 Å². The van der Waals surface area contributed by atoms with Gasteiger partial charge < -0.3 is 14.4 Å². The SMILES string of the molecule is CCCC(CCC)SCC(=O)N1CCC2(CC1)OCCO2. The van der Waals surface area contributed by atoms with E-state index < -0.39 is 0 Å². The van der Waals surface area contributed by atoms with E-state index >= 15 is 0 Å². The predicted molar refractivity (Wildman–Crippen MR) is 86.5 cm³/mol. The van der Waals surface area contributed by atoms with E-state index in [1.807, 2.05) is 16.7 Å². The lowest BCUT2D eigenvalue weighted by molar-refractivity contribution is -0.186. The molecular weight excluding hydrogens is 286 g/mol. The van der Waals surface area contributed by atoms with E-state index in [1.165, 1.54) is 25.7 Å². The zero-order valence-corrected chi connectivity index (χ0v) is 14.3. The number of hydrogen-bond acceptors (Lipinski definition) is 4. The van der Waals surface area contributed by atoms with Crippen LogP contribution in [0.3, 0.4) is 0 Å². The van der Waals surface area contributed by atoms with E-state index in [-0.39, 0.29) is 11.7 Å². The number of carbonyl (C=O) groups is 1. The van der Waals surface area contributed by atoms with Crippen molar-refractivity contribution >= 4 is 17.7 Å². The largest absolute Gasteiger partial charge is 0.347 e. The first-order chi connectivity index (χ1) is 10.2. The molecule has 122 valence electrons. The fourth-order valence-electron chi connectivity index (χ4n) is 3.12. The van der Waals surface area contributed by atoms with Crippen LogP contribution >= 0.6 is 11.8 Å². The van der Waals surface area contributed by atoms with Gasteiger partial charge >= 0.3 is 0 Å². The molecule has 0 aromatic heterocycles. The van der Waals surface area contributed by atoms with E-state index in [4.69, 9.17) is 9.47 Å². The third kappa shape index (κ3) is 4.86. The molecule has 0 aromatic rings. The molecule has 2 rings (SSSR count). The van der Waals surface area contributed by atoms with Crippen molar-refractivity contribution in [1.82, 2.24) is 4.90 Å². The van der Waals surface area contributed by atoms with Gasteiger partial charge in [-0.3, -0.25) is 4.79 Å². The maximum absolute atomic E-state index is 12.3. The quantitative estimate of drug-likeness (QED) is 0.724. The van der Waals surface area contributed by atoms with Gasteiger partial charge in [0.2, 0.25) is 5.91 Å². The second-order valence-electron chi connectivity index (χ2n) is 6.00. The van der Waals surface area contributed by atoms with E-state index in [1.54, 1.807) is 0 Å². The van der Waals surface area contributed by atoms with Crippen molar-refractivity contribution in [3.63, 3.8) is 0 Å². The summed E-state index contributed by atoms with van der Waals surface area (Å²) < 4.78 is 11.4. The maximum atomic E-state index is 12.3. The Kier molecular flexibility index (Phi) is 6.83. The average Bonchev–Trinajstić information content (AvgIpc) is 2.94. The lowest BCUT2D eigenvalue weighted by Crippen LogP contribution is -2.47. The van der Waals surface area contributed by atoms with Gasteiger partial charge in [-0.15, -0.1) is 11.8 Å². The van der Waals surface area contributed by atoms with Gasteiger partial charge in [0.05, 0.1) is 19.0 Å². The van der Waals surface area contributed by atoms with Crippen LogP contribution in [0.2, 0.25) is 0 Å². The molecule has 0 N–H and O–H groups in total. The number of carbonyl (C=O) groups excluding carboxylic acids is 1. The molecule has 1 amide bonds. The topological polar surface area (TPSA) is 38.8 Å². The summed E-state index contributed by atoms with van der Waals surface area (Å²) >= 11 is 1.84. The number of rotatable bonds is 7. The van der Waals surface area contributed by atoms with E-state index in [2.05, 4.69) is 13.8 Å². The highest BCUT2D eigenvalue weighted by atomic mass is 32.2. The molecule has 0 aliphatic carbocycles. The first kappa shape index (κ1) is 17.1. The first-order valence-corrected chi connectivity index (χ1v) is 9.41. The monoisotopic (exact) mass is 315 g/mol. The van der Waals surface area contributed by atoms with Gasteiger partial charge in [-0.25, -0.2) is 0 Å². The van der Waals surface area contributed by atoms with Crippen LogP contribution < -0.4 is 0 Å². The van der Waals surface area contributed by atoms with Crippen LogP contribution in [0.15, 0.2) is 0 Å². The van der Waals surface area contributed by atoms with Gasteiger partial charge in [-0.1, -0.05) is 26.7 Å². The van der Waals surface area contributed by atoms with Crippen molar-refractivity contribution in [3.8, 4) is 0 Å². The van der Waals surface area contributed by atoms with Gasteiger partial charge in [-0.2, -0.15) is 0 Å². The smallest absolute Gasteiger partial charge is 0.232 e. The number of amides is 1. The minimum absolute atomic E-state index is 0.282. The number of likely N-dealkylation sites (tertiary alicyclic amines) is 1. The summed E-state index contributed by atoms with van der Waals surface area (Å²) in [6, 6.07) is 0. The minimum atomic E-state index is -0.378. The highest BCUT2D eigenvalue weighted by Crippen LogP contribution is 2.31. The summed E-state index contributed by atoms with van der Waals surface area (Å²) in [5.41, 5.74) is 0. The van der Waals surface area contributed by atoms with Crippen LogP contribution in [0, 0.1) is 0 Å². The zero-order chi connectivity index (χ0) is 15.1. The average molecular weight is 315 g/mol. The van der Waals surface area contributed by atoms with Gasteiger partial charge in [0.25, 0.3) is 0 Å². The molecule has 2 aliphatic rings. The third-order valence-corrected chi connectivity index (χ3v) is 5.71. The van der Waals surface area contributed by atoms with Gasteiger partial charge in [0.1, 0.15) is 0 Å². The number of nitrogens with zero attached hydrogens (tertiary/aromatic N) is 1. The highest BCUT2D eigenvalue weighted by Gasteiger charge is 2.40. The van der Waals surface area contributed by atoms with Gasteiger partial charge in [-0.05, 0) is 12.8 Å². The molecule has 0 radical (unpaired) electrons. The Balaban J connectivity index is 1.71. The summed E-state index contributed by atoms with van der Waals surface area (Å²) in [6.45, 7) is 7.36. The fourth-order valence-corrected chi connectivity index (χ4v) is 4.48. The van der Waals surface area contributed by atoms with Gasteiger partial charge in [0.15, 0.2) is 5.79 Å². The predicted octanol–water partition coefficient (Wildman–Crippen LogP) is 3.05. The third-order valence-electron chi connectivity index (χ3n) is 4.36. The second-order valence-corrected chi connectivity index (χ2v) is 7.29. The van der Waals surface area contributed by atoms with Crippen LogP contribution in [0.25, 0.3) is 0 Å². The lowest BCUT2D eigenvalue weighted by atomic mass is 10.0. The molecule has 2 aliphatic heterocycles. The Morgan fingerprint density at radius 2 is 1.71 bits per heavy atom. The lowest BCUT2D eigenvalue weighted by Gasteiger charge is -2.37. The van der Waals surface area contributed by atoms with Crippen LogP contribution in [0.5, 0.6) is 0 Å². The molecule has 2 fully saturated rings. The molecule has 0 saturated carbocycles. The molecule has 0 unspecified atom stereocenters.